The molecule has 0 radical (unpaired) electrons. The number of amides is 3. The number of carbonyl (C=O) groups excluding carboxylic acids is 2. The molecule has 0 aromatic carbocycles. The normalized spacial score (nSPS) is 22.8. The van der Waals surface area contributed by atoms with Crippen molar-refractivity contribution in [1.29, 1.82) is 0 Å². The van der Waals surface area contributed by atoms with Gasteiger partial charge in [-0.05, 0) is 32.1 Å². The van der Waals surface area contributed by atoms with Crippen molar-refractivity contribution in [3.05, 3.63) is 0 Å². The fourth-order valence-electron chi connectivity index (χ4n) is 2.06. The van der Waals surface area contributed by atoms with Gasteiger partial charge in [0.2, 0.25) is 5.91 Å². The Balaban J connectivity index is 2.44. The Hall–Kier alpha value is -0.770. The van der Waals surface area contributed by atoms with Crippen molar-refractivity contribution < 1.29 is 9.59 Å². The molecule has 98 valence electrons. The molecule has 1 aliphatic rings. The zero-order valence-electron chi connectivity index (χ0n) is 10.5. The highest BCUT2D eigenvalue weighted by molar-refractivity contribution is 6.31. The quantitative estimate of drug-likeness (QED) is 0.775. The van der Waals surface area contributed by atoms with Crippen LogP contribution in [0.1, 0.15) is 39.5 Å². The third-order valence-electron chi connectivity index (χ3n) is 3.30. The Labute approximate surface area is 108 Å². The van der Waals surface area contributed by atoms with Crippen LogP contribution in [0.5, 0.6) is 0 Å². The summed E-state index contributed by atoms with van der Waals surface area (Å²) in [5, 5.41) is 1.65. The zero-order valence-corrected chi connectivity index (χ0v) is 11.3. The number of hydrogen-bond acceptors (Lipinski definition) is 2. The predicted molar refractivity (Wildman–Crippen MR) is 68.1 cm³/mol. The van der Waals surface area contributed by atoms with E-state index in [9.17, 15) is 9.59 Å². The van der Waals surface area contributed by atoms with Gasteiger partial charge in [-0.1, -0.05) is 13.3 Å². The number of likely N-dealkylation sites (tertiary alicyclic amines) is 1. The fourth-order valence-corrected chi connectivity index (χ4v) is 2.12. The summed E-state index contributed by atoms with van der Waals surface area (Å²) in [6.45, 7) is 5.19. The van der Waals surface area contributed by atoms with E-state index in [2.05, 4.69) is 12.2 Å². The third-order valence-corrected chi connectivity index (χ3v) is 3.50. The van der Waals surface area contributed by atoms with Crippen LogP contribution < -0.4 is 5.32 Å². The zero-order chi connectivity index (χ0) is 12.8. The Morgan fingerprint density at radius 1 is 1.41 bits per heavy atom. The molecule has 2 unspecified atom stereocenters. The van der Waals surface area contributed by atoms with Gasteiger partial charge in [-0.3, -0.25) is 10.1 Å². The standard InChI is InChI=1S/C12H21ClN2O2/c1-3-10-5-4-7-15(8-6-10)12(17)14-11(16)9(2)13/h9-10H,3-8H2,1-2H3,(H,14,16,17). The second kappa shape index (κ2) is 6.84. The Morgan fingerprint density at radius 2 is 2.12 bits per heavy atom. The summed E-state index contributed by atoms with van der Waals surface area (Å²) in [5.41, 5.74) is 0. The molecule has 0 spiro atoms. The van der Waals surface area contributed by atoms with Crippen LogP contribution in [-0.2, 0) is 4.79 Å². The van der Waals surface area contributed by atoms with Gasteiger partial charge in [0, 0.05) is 13.1 Å². The summed E-state index contributed by atoms with van der Waals surface area (Å²) in [4.78, 5) is 24.8. The molecular formula is C12H21ClN2O2. The van der Waals surface area contributed by atoms with Gasteiger partial charge >= 0.3 is 6.03 Å². The first-order valence-electron chi connectivity index (χ1n) is 6.28. The van der Waals surface area contributed by atoms with E-state index in [0.717, 1.165) is 32.4 Å². The van der Waals surface area contributed by atoms with Gasteiger partial charge in [0.25, 0.3) is 0 Å². The van der Waals surface area contributed by atoms with Crippen molar-refractivity contribution in [1.82, 2.24) is 10.2 Å². The SMILES string of the molecule is CCC1CCCN(C(=O)NC(=O)C(C)Cl)CC1. The highest BCUT2D eigenvalue weighted by Gasteiger charge is 2.22. The topological polar surface area (TPSA) is 49.4 Å². The van der Waals surface area contributed by atoms with Crippen LogP contribution in [0.25, 0.3) is 0 Å². The van der Waals surface area contributed by atoms with Crippen LogP contribution >= 0.6 is 11.6 Å². The summed E-state index contributed by atoms with van der Waals surface area (Å²) in [6, 6.07) is -0.306. The molecule has 17 heavy (non-hydrogen) atoms. The van der Waals surface area contributed by atoms with E-state index in [0.29, 0.717) is 5.92 Å². The molecule has 1 saturated heterocycles. The van der Waals surface area contributed by atoms with Crippen LogP contribution in [0.3, 0.4) is 0 Å². The second-order valence-electron chi connectivity index (χ2n) is 4.60. The number of nitrogens with zero attached hydrogens (tertiary/aromatic N) is 1. The van der Waals surface area contributed by atoms with Gasteiger partial charge in [0.15, 0.2) is 0 Å². The van der Waals surface area contributed by atoms with Crippen molar-refractivity contribution >= 4 is 23.5 Å². The molecule has 4 nitrogen and oxygen atoms in total. The maximum absolute atomic E-state index is 11.8. The minimum absolute atomic E-state index is 0.306. The molecule has 0 aliphatic carbocycles. The number of halogens is 1. The summed E-state index contributed by atoms with van der Waals surface area (Å²) < 4.78 is 0. The average Bonchev–Trinajstić information content (AvgIpc) is 2.53. The molecule has 1 N–H and O–H groups in total. The monoisotopic (exact) mass is 260 g/mol. The lowest BCUT2D eigenvalue weighted by Crippen LogP contribution is -2.45. The molecule has 0 aromatic heterocycles. The van der Waals surface area contributed by atoms with Crippen LogP contribution in [0, 0.1) is 5.92 Å². The van der Waals surface area contributed by atoms with Crippen molar-refractivity contribution in [2.75, 3.05) is 13.1 Å². The van der Waals surface area contributed by atoms with Gasteiger partial charge in [-0.25, -0.2) is 4.79 Å². The molecule has 0 saturated carbocycles. The molecule has 0 bridgehead atoms. The molecule has 1 aliphatic heterocycles. The van der Waals surface area contributed by atoms with Crippen LogP contribution in [-0.4, -0.2) is 35.3 Å². The molecule has 1 heterocycles. The Kier molecular flexibility index (Phi) is 5.75. The van der Waals surface area contributed by atoms with Gasteiger partial charge in [0.1, 0.15) is 5.38 Å². The van der Waals surface area contributed by atoms with E-state index in [1.165, 1.54) is 6.42 Å². The van der Waals surface area contributed by atoms with Gasteiger partial charge in [-0.2, -0.15) is 0 Å². The maximum Gasteiger partial charge on any atom is 0.324 e. The van der Waals surface area contributed by atoms with E-state index < -0.39 is 11.3 Å². The van der Waals surface area contributed by atoms with E-state index in [1.54, 1.807) is 11.8 Å². The number of rotatable bonds is 2. The first-order chi connectivity index (χ1) is 8.04. The van der Waals surface area contributed by atoms with E-state index in [-0.39, 0.29) is 6.03 Å². The van der Waals surface area contributed by atoms with Gasteiger partial charge < -0.3 is 4.90 Å². The number of imide groups is 1. The maximum atomic E-state index is 11.8. The molecule has 1 fully saturated rings. The lowest BCUT2D eigenvalue weighted by Gasteiger charge is -2.20. The number of nitrogens with one attached hydrogen (secondary N) is 1. The lowest BCUT2D eigenvalue weighted by molar-refractivity contribution is -0.119. The van der Waals surface area contributed by atoms with Crippen molar-refractivity contribution in [3.63, 3.8) is 0 Å². The van der Waals surface area contributed by atoms with Crippen molar-refractivity contribution in [3.8, 4) is 0 Å². The lowest BCUT2D eigenvalue weighted by atomic mass is 9.98. The second-order valence-corrected chi connectivity index (χ2v) is 5.26. The van der Waals surface area contributed by atoms with Gasteiger partial charge in [0.05, 0.1) is 0 Å². The number of carbonyl (C=O) groups is 2. The molecular weight excluding hydrogens is 240 g/mol. The summed E-state index contributed by atoms with van der Waals surface area (Å²) in [5.74, 6) is 0.281. The Bertz CT molecular complexity index is 282. The molecule has 5 heteroatoms. The molecule has 2 atom stereocenters. The minimum atomic E-state index is -0.672. The Morgan fingerprint density at radius 3 is 2.71 bits per heavy atom. The fraction of sp³-hybridized carbons (Fsp3) is 0.833. The largest absolute Gasteiger partial charge is 0.324 e. The van der Waals surface area contributed by atoms with E-state index in [4.69, 9.17) is 11.6 Å². The summed E-state index contributed by atoms with van der Waals surface area (Å²) in [6.07, 6.45) is 4.36. The number of urea groups is 1. The van der Waals surface area contributed by atoms with Crippen molar-refractivity contribution in [2.24, 2.45) is 5.92 Å². The predicted octanol–water partition coefficient (Wildman–Crippen LogP) is 2.36. The number of hydrogen-bond donors (Lipinski definition) is 1. The molecule has 0 aromatic rings. The summed E-state index contributed by atoms with van der Waals surface area (Å²) >= 11 is 5.61. The number of alkyl halides is 1. The van der Waals surface area contributed by atoms with Crippen LogP contribution in [0.15, 0.2) is 0 Å². The third kappa shape index (κ3) is 4.54. The highest BCUT2D eigenvalue weighted by Crippen LogP contribution is 2.20. The van der Waals surface area contributed by atoms with E-state index >= 15 is 0 Å². The molecule has 3 amide bonds. The smallest absolute Gasteiger partial charge is 0.324 e. The van der Waals surface area contributed by atoms with E-state index in [1.807, 2.05) is 0 Å². The van der Waals surface area contributed by atoms with Crippen LogP contribution in [0.2, 0.25) is 0 Å². The first kappa shape index (κ1) is 14.3. The average molecular weight is 261 g/mol. The summed E-state index contributed by atoms with van der Waals surface area (Å²) in [7, 11) is 0. The minimum Gasteiger partial charge on any atom is -0.324 e. The van der Waals surface area contributed by atoms with Gasteiger partial charge in [-0.15, -0.1) is 11.6 Å². The molecule has 1 rings (SSSR count). The first-order valence-corrected chi connectivity index (χ1v) is 6.72. The van der Waals surface area contributed by atoms with Crippen LogP contribution in [0.4, 0.5) is 4.79 Å². The highest BCUT2D eigenvalue weighted by atomic mass is 35.5. The van der Waals surface area contributed by atoms with Crippen molar-refractivity contribution in [2.45, 2.75) is 44.9 Å².